The van der Waals surface area contributed by atoms with Gasteiger partial charge >= 0.3 is 0 Å². The molecule has 0 spiro atoms. The molecule has 0 aromatic heterocycles. The minimum Gasteiger partial charge on any atom is -0.750 e. The molecular weight excluding hydrogens is 188 g/mol. The summed E-state index contributed by atoms with van der Waals surface area (Å²) in [5, 5.41) is 8.49. The number of aliphatic hydroxyl groups excluding tert-OH is 1. The van der Waals surface area contributed by atoms with E-state index in [1.165, 1.54) is 0 Å². The first kappa shape index (κ1) is 11.4. The van der Waals surface area contributed by atoms with Crippen LogP contribution in [-0.2, 0) is 26.4 Å². The van der Waals surface area contributed by atoms with E-state index < -0.39 is 11.4 Å². The van der Waals surface area contributed by atoms with Crippen molar-refractivity contribution in [2.45, 2.75) is 0 Å². The quantitative estimate of drug-likeness (QED) is 0.443. The zero-order valence-electron chi connectivity index (χ0n) is 6.32. The predicted molar refractivity (Wildman–Crippen MR) is 45.0 cm³/mol. The van der Waals surface area contributed by atoms with Gasteiger partial charge in [-0.05, 0) is 10.9 Å². The molecule has 0 saturated heterocycles. The van der Waals surface area contributed by atoms with Crippen molar-refractivity contribution in [1.29, 1.82) is 0 Å². The lowest BCUT2D eigenvalue weighted by Crippen LogP contribution is -2.17. The molecule has 0 heterocycles. The SMILES string of the molecule is C[S+](CCO)CCOS(=O)[O-]. The predicted octanol–water partition coefficient (Wildman–Crippen LogP) is -0.962. The second kappa shape index (κ2) is 7.05. The van der Waals surface area contributed by atoms with Crippen molar-refractivity contribution in [3.05, 3.63) is 0 Å². The molecule has 11 heavy (non-hydrogen) atoms. The Balaban J connectivity index is 3.16. The van der Waals surface area contributed by atoms with Gasteiger partial charge < -0.3 is 9.66 Å². The van der Waals surface area contributed by atoms with Crippen LogP contribution in [-0.4, -0.2) is 44.8 Å². The van der Waals surface area contributed by atoms with Crippen LogP contribution in [0.1, 0.15) is 0 Å². The largest absolute Gasteiger partial charge is 0.750 e. The van der Waals surface area contributed by atoms with E-state index in [0.29, 0.717) is 5.75 Å². The molecular formula is C5H12O4S2. The molecule has 68 valence electrons. The zero-order valence-corrected chi connectivity index (χ0v) is 7.95. The van der Waals surface area contributed by atoms with E-state index in [1.54, 1.807) is 0 Å². The summed E-state index contributed by atoms with van der Waals surface area (Å²) in [4.78, 5) is 0. The highest BCUT2D eigenvalue weighted by atomic mass is 32.2. The fraction of sp³-hybridized carbons (Fsp3) is 1.00. The average Bonchev–Trinajstić information content (AvgIpc) is 1.87. The van der Waals surface area contributed by atoms with E-state index in [-0.39, 0.29) is 24.1 Å². The Morgan fingerprint density at radius 2 is 2.27 bits per heavy atom. The molecule has 0 saturated carbocycles. The van der Waals surface area contributed by atoms with Gasteiger partial charge in [0.15, 0.2) is 0 Å². The van der Waals surface area contributed by atoms with Crippen LogP contribution in [0.5, 0.6) is 0 Å². The second-order valence-corrected chi connectivity index (χ2v) is 4.96. The maximum atomic E-state index is 9.87. The summed E-state index contributed by atoms with van der Waals surface area (Å²) in [6.07, 6.45) is 1.97. The van der Waals surface area contributed by atoms with Crippen molar-refractivity contribution < 1.29 is 18.1 Å². The summed E-state index contributed by atoms with van der Waals surface area (Å²) >= 11 is -2.39. The minimum absolute atomic E-state index is 0.0652. The van der Waals surface area contributed by atoms with Gasteiger partial charge in [0, 0.05) is 0 Å². The first-order chi connectivity index (χ1) is 5.16. The van der Waals surface area contributed by atoms with Crippen molar-refractivity contribution >= 4 is 22.3 Å². The molecule has 0 radical (unpaired) electrons. The monoisotopic (exact) mass is 200 g/mol. The Bertz CT molecular complexity index is 119. The summed E-state index contributed by atoms with van der Waals surface area (Å²) in [5.74, 6) is 1.41. The lowest BCUT2D eigenvalue weighted by Gasteiger charge is -2.04. The van der Waals surface area contributed by atoms with Crippen molar-refractivity contribution in [3.63, 3.8) is 0 Å². The lowest BCUT2D eigenvalue weighted by molar-refractivity contribution is 0.317. The average molecular weight is 200 g/mol. The van der Waals surface area contributed by atoms with E-state index >= 15 is 0 Å². The van der Waals surface area contributed by atoms with Gasteiger partial charge in [0.1, 0.15) is 18.1 Å². The molecule has 1 N–H and O–H groups in total. The lowest BCUT2D eigenvalue weighted by atomic mass is 10.9. The molecule has 2 unspecified atom stereocenters. The van der Waals surface area contributed by atoms with Gasteiger partial charge in [-0.15, -0.1) is 0 Å². The maximum Gasteiger partial charge on any atom is 0.132 e. The summed E-state index contributed by atoms with van der Waals surface area (Å²) < 4.78 is 24.0. The van der Waals surface area contributed by atoms with Crippen LogP contribution < -0.4 is 0 Å². The molecule has 2 atom stereocenters. The van der Waals surface area contributed by atoms with Gasteiger partial charge in [-0.1, -0.05) is 0 Å². The molecule has 0 rings (SSSR count). The third-order valence-electron chi connectivity index (χ3n) is 1.05. The summed E-state index contributed by atoms with van der Waals surface area (Å²) in [5.41, 5.74) is 0. The molecule has 0 aromatic rings. The van der Waals surface area contributed by atoms with E-state index in [9.17, 15) is 8.76 Å². The third-order valence-corrected chi connectivity index (χ3v) is 3.15. The molecule has 0 aromatic carbocycles. The van der Waals surface area contributed by atoms with E-state index in [4.69, 9.17) is 5.11 Å². The smallest absolute Gasteiger partial charge is 0.132 e. The minimum atomic E-state index is -2.39. The number of hydrogen-bond donors (Lipinski definition) is 1. The van der Waals surface area contributed by atoms with Gasteiger partial charge in [0.05, 0.1) is 24.2 Å². The van der Waals surface area contributed by atoms with Crippen LogP contribution in [0.4, 0.5) is 0 Å². The van der Waals surface area contributed by atoms with Crippen LogP contribution in [0.3, 0.4) is 0 Å². The van der Waals surface area contributed by atoms with Gasteiger partial charge in [-0.2, -0.15) is 0 Å². The Morgan fingerprint density at radius 3 is 2.73 bits per heavy atom. The topological polar surface area (TPSA) is 69.6 Å². The van der Waals surface area contributed by atoms with Crippen molar-refractivity contribution in [2.75, 3.05) is 31.0 Å². The van der Waals surface area contributed by atoms with Gasteiger partial charge in [-0.25, -0.2) is 4.21 Å². The molecule has 0 fully saturated rings. The molecule has 0 aliphatic carbocycles. The number of rotatable bonds is 6. The maximum absolute atomic E-state index is 9.87. The standard InChI is InChI=1S/C5H12O4S2/c1-10(4-2-6)5-3-9-11(7)8/h6H,2-5H2,1H3. The second-order valence-electron chi connectivity index (χ2n) is 1.94. The first-order valence-corrected chi connectivity index (χ1v) is 6.06. The zero-order chi connectivity index (χ0) is 8.69. The highest BCUT2D eigenvalue weighted by Gasteiger charge is 2.08. The fourth-order valence-electron chi connectivity index (χ4n) is 0.502. The van der Waals surface area contributed by atoms with E-state index in [1.807, 2.05) is 6.26 Å². The summed E-state index contributed by atoms with van der Waals surface area (Å²) in [7, 11) is 0.0652. The van der Waals surface area contributed by atoms with E-state index in [2.05, 4.69) is 4.18 Å². The van der Waals surface area contributed by atoms with Crippen LogP contribution in [0.25, 0.3) is 0 Å². The van der Waals surface area contributed by atoms with Crippen molar-refractivity contribution in [1.82, 2.24) is 0 Å². The molecule has 6 heteroatoms. The Hall–Kier alpha value is 0.380. The van der Waals surface area contributed by atoms with Crippen LogP contribution in [0.15, 0.2) is 0 Å². The van der Waals surface area contributed by atoms with Crippen LogP contribution >= 0.6 is 0 Å². The Morgan fingerprint density at radius 1 is 1.64 bits per heavy atom. The van der Waals surface area contributed by atoms with Crippen LogP contribution in [0.2, 0.25) is 0 Å². The molecule has 0 aliphatic rings. The van der Waals surface area contributed by atoms with Gasteiger partial charge in [0.25, 0.3) is 0 Å². The Labute approximate surface area is 71.8 Å². The molecule has 0 bridgehead atoms. The van der Waals surface area contributed by atoms with Crippen molar-refractivity contribution in [3.8, 4) is 0 Å². The van der Waals surface area contributed by atoms with Gasteiger partial charge in [-0.3, -0.25) is 4.18 Å². The molecule has 0 aliphatic heterocycles. The number of aliphatic hydroxyl groups is 1. The highest BCUT2D eigenvalue weighted by Crippen LogP contribution is 1.91. The third kappa shape index (κ3) is 8.28. The van der Waals surface area contributed by atoms with Crippen LogP contribution in [0, 0.1) is 0 Å². The number of hydrogen-bond acceptors (Lipinski definition) is 4. The molecule has 0 amide bonds. The Kier molecular flexibility index (Phi) is 7.30. The van der Waals surface area contributed by atoms with Crippen molar-refractivity contribution in [2.24, 2.45) is 0 Å². The highest BCUT2D eigenvalue weighted by molar-refractivity contribution is 7.96. The first-order valence-electron chi connectivity index (χ1n) is 3.09. The van der Waals surface area contributed by atoms with Gasteiger partial charge in [0.2, 0.25) is 0 Å². The summed E-state index contributed by atoms with van der Waals surface area (Å²) in [6, 6.07) is 0. The summed E-state index contributed by atoms with van der Waals surface area (Å²) in [6.45, 7) is 0.371. The fourth-order valence-corrected chi connectivity index (χ4v) is 1.71. The normalized spacial score (nSPS) is 16.3. The molecule has 4 nitrogen and oxygen atoms in total. The van der Waals surface area contributed by atoms with E-state index in [0.717, 1.165) is 5.75 Å².